The van der Waals surface area contributed by atoms with E-state index in [9.17, 15) is 4.79 Å². The van der Waals surface area contributed by atoms with Gasteiger partial charge in [0.1, 0.15) is 0 Å². The molecule has 4 heteroatoms. The van der Waals surface area contributed by atoms with E-state index in [1.165, 1.54) is 0 Å². The van der Waals surface area contributed by atoms with E-state index in [2.05, 4.69) is 24.1 Å². The molecule has 0 saturated heterocycles. The summed E-state index contributed by atoms with van der Waals surface area (Å²) in [4.78, 5) is 14.2. The van der Waals surface area contributed by atoms with Gasteiger partial charge in [0.25, 0.3) is 0 Å². The van der Waals surface area contributed by atoms with E-state index in [4.69, 9.17) is 5.73 Å². The molecule has 1 rings (SSSR count). The molecule has 0 unspecified atom stereocenters. The third kappa shape index (κ3) is 5.30. The first-order chi connectivity index (χ1) is 9.06. The second kappa shape index (κ2) is 7.79. The minimum Gasteiger partial charge on any atom is -0.399 e. The third-order valence-corrected chi connectivity index (χ3v) is 3.18. The molecule has 0 aliphatic heterocycles. The highest BCUT2D eigenvalue weighted by molar-refractivity contribution is 5.92. The number of hydrogen-bond donors (Lipinski definition) is 2. The molecule has 1 amide bonds. The highest BCUT2D eigenvalue weighted by Crippen LogP contribution is 2.18. The number of rotatable bonds is 7. The highest BCUT2D eigenvalue weighted by atomic mass is 16.1. The fourth-order valence-corrected chi connectivity index (χ4v) is 1.99. The summed E-state index contributed by atoms with van der Waals surface area (Å²) in [5, 5.41) is 2.93. The second-order valence-corrected chi connectivity index (χ2v) is 4.81. The molecule has 0 aliphatic carbocycles. The molecule has 0 radical (unpaired) electrons. The molecule has 4 nitrogen and oxygen atoms in total. The molecule has 0 atom stereocenters. The Bertz CT molecular complexity index is 418. The van der Waals surface area contributed by atoms with Crippen molar-refractivity contribution < 1.29 is 4.79 Å². The number of benzene rings is 1. The summed E-state index contributed by atoms with van der Waals surface area (Å²) in [7, 11) is 0. The van der Waals surface area contributed by atoms with Crippen molar-refractivity contribution in [3.8, 4) is 0 Å². The van der Waals surface area contributed by atoms with Crippen molar-refractivity contribution in [2.45, 2.75) is 33.6 Å². The molecule has 0 aromatic heterocycles. The average Bonchev–Trinajstić information content (AvgIpc) is 2.39. The van der Waals surface area contributed by atoms with Gasteiger partial charge >= 0.3 is 0 Å². The number of aryl methyl sites for hydroxylation is 1. The lowest BCUT2D eigenvalue weighted by molar-refractivity contribution is -0.116. The zero-order chi connectivity index (χ0) is 14.3. The average molecular weight is 263 g/mol. The minimum absolute atomic E-state index is 0.0447. The maximum Gasteiger partial charge on any atom is 0.225 e. The third-order valence-electron chi connectivity index (χ3n) is 3.18. The van der Waals surface area contributed by atoms with Crippen LogP contribution in [0.4, 0.5) is 11.4 Å². The summed E-state index contributed by atoms with van der Waals surface area (Å²) < 4.78 is 0. The Labute approximate surface area is 116 Å². The Morgan fingerprint density at radius 2 is 2.05 bits per heavy atom. The van der Waals surface area contributed by atoms with Crippen molar-refractivity contribution in [3.05, 3.63) is 23.8 Å². The Kier molecular flexibility index (Phi) is 6.36. The van der Waals surface area contributed by atoms with Crippen LogP contribution in [-0.2, 0) is 4.79 Å². The van der Waals surface area contributed by atoms with Crippen molar-refractivity contribution in [1.29, 1.82) is 0 Å². The molecule has 106 valence electrons. The number of anilines is 2. The lowest BCUT2D eigenvalue weighted by atomic mass is 10.2. The summed E-state index contributed by atoms with van der Waals surface area (Å²) in [5.74, 6) is 0.0447. The number of amides is 1. The number of hydrogen-bond acceptors (Lipinski definition) is 3. The van der Waals surface area contributed by atoms with Crippen LogP contribution in [0.2, 0.25) is 0 Å². The van der Waals surface area contributed by atoms with E-state index in [1.54, 1.807) is 6.07 Å². The summed E-state index contributed by atoms with van der Waals surface area (Å²) in [6, 6.07) is 5.56. The normalized spacial score (nSPS) is 10.7. The van der Waals surface area contributed by atoms with Gasteiger partial charge in [-0.2, -0.15) is 0 Å². The number of nitrogen functional groups attached to an aromatic ring is 1. The standard InChI is InChI=1S/C15H25N3O/c1-4-9-18(5-2)10-8-15(19)17-14-11-13(16)7-6-12(14)3/h6-7,11H,4-5,8-10,16H2,1-3H3,(H,17,19). The van der Waals surface area contributed by atoms with Crippen LogP contribution in [0.25, 0.3) is 0 Å². The topological polar surface area (TPSA) is 58.4 Å². The zero-order valence-electron chi connectivity index (χ0n) is 12.2. The predicted molar refractivity (Wildman–Crippen MR) is 81.2 cm³/mol. The van der Waals surface area contributed by atoms with Crippen molar-refractivity contribution in [2.24, 2.45) is 0 Å². The number of nitrogens with two attached hydrogens (primary N) is 1. The summed E-state index contributed by atoms with van der Waals surface area (Å²) in [6.07, 6.45) is 1.63. The van der Waals surface area contributed by atoms with Crippen molar-refractivity contribution in [2.75, 3.05) is 30.7 Å². The van der Waals surface area contributed by atoms with E-state index in [0.717, 1.165) is 37.3 Å². The van der Waals surface area contributed by atoms with E-state index < -0.39 is 0 Å². The Morgan fingerprint density at radius 1 is 1.32 bits per heavy atom. The van der Waals surface area contributed by atoms with E-state index in [0.29, 0.717) is 12.1 Å². The minimum atomic E-state index is 0.0447. The first-order valence-electron chi connectivity index (χ1n) is 6.95. The van der Waals surface area contributed by atoms with Gasteiger partial charge in [0, 0.05) is 24.3 Å². The smallest absolute Gasteiger partial charge is 0.225 e. The Balaban J connectivity index is 2.48. The molecule has 0 bridgehead atoms. The van der Waals surface area contributed by atoms with Crippen LogP contribution in [0.5, 0.6) is 0 Å². The fraction of sp³-hybridized carbons (Fsp3) is 0.533. The van der Waals surface area contributed by atoms with Crippen LogP contribution >= 0.6 is 0 Å². The van der Waals surface area contributed by atoms with Crippen LogP contribution in [0.15, 0.2) is 18.2 Å². The lowest BCUT2D eigenvalue weighted by Crippen LogP contribution is -2.28. The lowest BCUT2D eigenvalue weighted by Gasteiger charge is -2.19. The van der Waals surface area contributed by atoms with E-state index in [-0.39, 0.29) is 5.91 Å². The van der Waals surface area contributed by atoms with Crippen LogP contribution in [0.3, 0.4) is 0 Å². The molecule has 0 fully saturated rings. The first-order valence-corrected chi connectivity index (χ1v) is 6.95. The molecular weight excluding hydrogens is 238 g/mol. The van der Waals surface area contributed by atoms with Gasteiger partial charge < -0.3 is 16.0 Å². The predicted octanol–water partition coefficient (Wildman–Crippen LogP) is 2.64. The van der Waals surface area contributed by atoms with Gasteiger partial charge in [-0.1, -0.05) is 19.9 Å². The van der Waals surface area contributed by atoms with Crippen LogP contribution in [0.1, 0.15) is 32.3 Å². The van der Waals surface area contributed by atoms with Gasteiger partial charge in [-0.05, 0) is 44.1 Å². The Morgan fingerprint density at radius 3 is 2.68 bits per heavy atom. The van der Waals surface area contributed by atoms with E-state index in [1.807, 2.05) is 19.1 Å². The maximum absolute atomic E-state index is 11.9. The highest BCUT2D eigenvalue weighted by Gasteiger charge is 2.08. The quantitative estimate of drug-likeness (QED) is 0.743. The van der Waals surface area contributed by atoms with Gasteiger partial charge in [0.05, 0.1) is 0 Å². The van der Waals surface area contributed by atoms with Crippen LogP contribution in [0, 0.1) is 6.92 Å². The molecule has 19 heavy (non-hydrogen) atoms. The SMILES string of the molecule is CCCN(CC)CCC(=O)Nc1cc(N)ccc1C. The summed E-state index contributed by atoms with van der Waals surface area (Å²) >= 11 is 0. The van der Waals surface area contributed by atoms with E-state index >= 15 is 0 Å². The first kappa shape index (κ1) is 15.5. The summed E-state index contributed by atoms with van der Waals surface area (Å²) in [5.41, 5.74) is 8.24. The number of nitrogens with zero attached hydrogens (tertiary/aromatic N) is 1. The van der Waals surface area contributed by atoms with Crippen LogP contribution < -0.4 is 11.1 Å². The molecule has 0 spiro atoms. The number of carbonyl (C=O) groups excluding carboxylic acids is 1. The zero-order valence-corrected chi connectivity index (χ0v) is 12.2. The van der Waals surface area contributed by atoms with Gasteiger partial charge in [-0.15, -0.1) is 0 Å². The molecule has 0 aliphatic rings. The monoisotopic (exact) mass is 263 g/mol. The van der Waals surface area contributed by atoms with Gasteiger partial charge in [-0.25, -0.2) is 0 Å². The second-order valence-electron chi connectivity index (χ2n) is 4.81. The maximum atomic E-state index is 11.9. The molecule has 0 saturated carbocycles. The van der Waals surface area contributed by atoms with Gasteiger partial charge in [-0.3, -0.25) is 4.79 Å². The molecule has 0 heterocycles. The molecule has 1 aromatic rings. The Hall–Kier alpha value is -1.55. The molecular formula is C15H25N3O. The van der Waals surface area contributed by atoms with Crippen molar-refractivity contribution >= 4 is 17.3 Å². The van der Waals surface area contributed by atoms with Crippen molar-refractivity contribution in [1.82, 2.24) is 4.90 Å². The number of nitrogens with one attached hydrogen (secondary N) is 1. The van der Waals surface area contributed by atoms with Gasteiger partial charge in [0.2, 0.25) is 5.91 Å². The summed E-state index contributed by atoms with van der Waals surface area (Å²) in [6.45, 7) is 9.07. The van der Waals surface area contributed by atoms with Crippen molar-refractivity contribution in [3.63, 3.8) is 0 Å². The number of carbonyl (C=O) groups is 1. The fourth-order valence-electron chi connectivity index (χ4n) is 1.99. The van der Waals surface area contributed by atoms with Crippen LogP contribution in [-0.4, -0.2) is 30.4 Å². The molecule has 1 aromatic carbocycles. The largest absolute Gasteiger partial charge is 0.399 e. The van der Waals surface area contributed by atoms with Gasteiger partial charge in [0.15, 0.2) is 0 Å². The molecule has 3 N–H and O–H groups in total.